The van der Waals surface area contributed by atoms with Gasteiger partial charge in [-0.05, 0) is 114 Å². The van der Waals surface area contributed by atoms with Gasteiger partial charge in [-0.25, -0.2) is 0 Å². The molecule has 2 nitrogen and oxygen atoms in total. The van der Waals surface area contributed by atoms with Crippen LogP contribution < -0.4 is 0 Å². The van der Waals surface area contributed by atoms with Gasteiger partial charge in [0.2, 0.25) is 0 Å². The maximum Gasteiger partial charge on any atom is 0.391 e. The maximum absolute atomic E-state index is 12.9. The molecule has 31 heavy (non-hydrogen) atoms. The molecule has 5 heteroatoms. The molecule has 4 aliphatic rings. The number of alkyl halides is 3. The van der Waals surface area contributed by atoms with E-state index in [9.17, 15) is 18.3 Å². The van der Waals surface area contributed by atoms with E-state index in [0.717, 1.165) is 38.6 Å². The van der Waals surface area contributed by atoms with Gasteiger partial charge in [0.25, 0.3) is 0 Å². The molecule has 3 saturated carbocycles. The first kappa shape index (κ1) is 23.4. The van der Waals surface area contributed by atoms with Crippen molar-refractivity contribution in [3.63, 3.8) is 0 Å². The van der Waals surface area contributed by atoms with E-state index in [1.54, 1.807) is 5.57 Å². The van der Waals surface area contributed by atoms with Crippen molar-refractivity contribution < 1.29 is 18.3 Å². The number of hydrogen-bond donors (Lipinski definition) is 1. The Balaban J connectivity index is 1.33. The lowest BCUT2D eigenvalue weighted by Gasteiger charge is -2.43. The molecular weight excluding hydrogens is 399 g/mol. The fourth-order valence-electron chi connectivity index (χ4n) is 7.09. The standard InChI is InChI=1S/C26H40F3NO/c1-25-14-3-5-20(8-7-19-4-2-6-23(31)18-19)24(25)10-9-21(25)11-15-30-16-12-22(13-17-30)26(27,28)29/h7-8,21-24,31H,2-6,9-18H2,1H3/b19-7-,20-8+/t21-,23?,24?,25?/m1/s1. The Kier molecular flexibility index (Phi) is 7.22. The number of hydrogen-bond acceptors (Lipinski definition) is 2. The quantitative estimate of drug-likeness (QED) is 0.530. The number of aliphatic hydroxyl groups is 1. The molecule has 0 bridgehead atoms. The molecule has 1 saturated heterocycles. The number of allylic oxidation sites excluding steroid dienone is 3. The van der Waals surface area contributed by atoms with E-state index in [1.165, 1.54) is 37.7 Å². The van der Waals surface area contributed by atoms with Gasteiger partial charge in [-0.2, -0.15) is 13.2 Å². The second-order valence-corrected chi connectivity index (χ2v) is 10.9. The van der Waals surface area contributed by atoms with Crippen LogP contribution in [0, 0.1) is 23.2 Å². The molecule has 4 atom stereocenters. The molecule has 0 amide bonds. The Labute approximate surface area is 186 Å². The number of aliphatic hydroxyl groups excluding tert-OH is 1. The monoisotopic (exact) mass is 439 g/mol. The predicted octanol–water partition coefficient (Wildman–Crippen LogP) is 6.65. The molecule has 0 aromatic rings. The molecule has 1 N–H and O–H groups in total. The van der Waals surface area contributed by atoms with Gasteiger partial charge in [-0.15, -0.1) is 0 Å². The van der Waals surface area contributed by atoms with E-state index >= 15 is 0 Å². The molecular formula is C26H40F3NO. The average molecular weight is 440 g/mol. The van der Waals surface area contributed by atoms with Crippen molar-refractivity contribution in [1.82, 2.24) is 4.90 Å². The minimum Gasteiger partial charge on any atom is -0.393 e. The topological polar surface area (TPSA) is 23.5 Å². The summed E-state index contributed by atoms with van der Waals surface area (Å²) in [5.41, 5.74) is 3.35. The summed E-state index contributed by atoms with van der Waals surface area (Å²) in [7, 11) is 0. The second-order valence-electron chi connectivity index (χ2n) is 10.9. The van der Waals surface area contributed by atoms with Crippen molar-refractivity contribution in [3.8, 4) is 0 Å². The van der Waals surface area contributed by atoms with Gasteiger partial charge in [-0.3, -0.25) is 0 Å². The van der Waals surface area contributed by atoms with E-state index in [1.807, 2.05) is 0 Å². The minimum absolute atomic E-state index is 0.160. The van der Waals surface area contributed by atoms with Crippen molar-refractivity contribution in [3.05, 3.63) is 23.3 Å². The van der Waals surface area contributed by atoms with Crippen LogP contribution in [0.15, 0.2) is 23.3 Å². The van der Waals surface area contributed by atoms with Crippen LogP contribution in [0.25, 0.3) is 0 Å². The van der Waals surface area contributed by atoms with Gasteiger partial charge in [-0.1, -0.05) is 30.2 Å². The number of rotatable bonds is 4. The highest BCUT2D eigenvalue weighted by Gasteiger charge is 2.49. The van der Waals surface area contributed by atoms with Crippen LogP contribution in [0.3, 0.4) is 0 Å². The first-order chi connectivity index (χ1) is 14.8. The molecule has 176 valence electrons. The van der Waals surface area contributed by atoms with Gasteiger partial charge >= 0.3 is 6.18 Å². The zero-order chi connectivity index (χ0) is 22.1. The van der Waals surface area contributed by atoms with E-state index in [0.29, 0.717) is 30.3 Å². The highest BCUT2D eigenvalue weighted by molar-refractivity contribution is 5.25. The van der Waals surface area contributed by atoms with Crippen molar-refractivity contribution in [2.45, 2.75) is 96.3 Å². The number of fused-ring (bicyclic) bond motifs is 1. The maximum atomic E-state index is 12.9. The smallest absolute Gasteiger partial charge is 0.391 e. The molecule has 3 unspecified atom stereocenters. The summed E-state index contributed by atoms with van der Waals surface area (Å²) in [6.45, 7) is 4.64. The predicted molar refractivity (Wildman–Crippen MR) is 119 cm³/mol. The van der Waals surface area contributed by atoms with Crippen LogP contribution in [0.5, 0.6) is 0 Å². The van der Waals surface area contributed by atoms with E-state index in [4.69, 9.17) is 0 Å². The van der Waals surface area contributed by atoms with Gasteiger partial charge in [0.05, 0.1) is 12.0 Å². The van der Waals surface area contributed by atoms with Crippen molar-refractivity contribution >= 4 is 0 Å². The van der Waals surface area contributed by atoms with Crippen LogP contribution in [-0.4, -0.2) is 41.9 Å². The molecule has 4 fully saturated rings. The first-order valence-corrected chi connectivity index (χ1v) is 12.6. The zero-order valence-corrected chi connectivity index (χ0v) is 19.1. The lowest BCUT2D eigenvalue weighted by atomic mass is 9.63. The molecule has 0 aromatic carbocycles. The van der Waals surface area contributed by atoms with Gasteiger partial charge in [0.1, 0.15) is 0 Å². The van der Waals surface area contributed by atoms with Crippen molar-refractivity contribution in [1.29, 1.82) is 0 Å². The summed E-state index contributed by atoms with van der Waals surface area (Å²) >= 11 is 0. The number of piperidine rings is 1. The summed E-state index contributed by atoms with van der Waals surface area (Å²) < 4.78 is 38.8. The normalized spacial score (nSPS) is 38.7. The van der Waals surface area contributed by atoms with E-state index < -0.39 is 12.1 Å². The third kappa shape index (κ3) is 5.40. The van der Waals surface area contributed by atoms with Crippen LogP contribution >= 0.6 is 0 Å². The lowest BCUT2D eigenvalue weighted by molar-refractivity contribution is -0.185. The highest BCUT2D eigenvalue weighted by atomic mass is 19.4. The molecule has 4 rings (SSSR count). The third-order valence-corrected chi connectivity index (χ3v) is 9.07. The van der Waals surface area contributed by atoms with Gasteiger partial charge < -0.3 is 10.0 Å². The summed E-state index contributed by atoms with van der Waals surface area (Å²) in [6.07, 6.45) is 12.4. The molecule has 3 aliphatic carbocycles. The Bertz CT molecular complexity index is 677. The molecule has 1 aliphatic heterocycles. The van der Waals surface area contributed by atoms with Crippen molar-refractivity contribution in [2.75, 3.05) is 19.6 Å². The van der Waals surface area contributed by atoms with E-state index in [-0.39, 0.29) is 18.9 Å². The van der Waals surface area contributed by atoms with Crippen LogP contribution in [0.2, 0.25) is 0 Å². The van der Waals surface area contributed by atoms with Crippen LogP contribution in [0.4, 0.5) is 13.2 Å². The third-order valence-electron chi connectivity index (χ3n) is 9.07. The Morgan fingerprint density at radius 1 is 1.03 bits per heavy atom. The summed E-state index contributed by atoms with van der Waals surface area (Å²) in [4.78, 5) is 2.28. The average Bonchev–Trinajstić information content (AvgIpc) is 3.07. The molecule has 1 heterocycles. The van der Waals surface area contributed by atoms with Crippen LogP contribution in [0.1, 0.15) is 84.0 Å². The lowest BCUT2D eigenvalue weighted by Crippen LogP contribution is -2.41. The van der Waals surface area contributed by atoms with Crippen LogP contribution in [-0.2, 0) is 0 Å². The van der Waals surface area contributed by atoms with E-state index in [2.05, 4.69) is 24.0 Å². The number of halogens is 3. The fourth-order valence-corrected chi connectivity index (χ4v) is 7.09. The molecule has 0 radical (unpaired) electrons. The zero-order valence-electron chi connectivity index (χ0n) is 19.1. The minimum atomic E-state index is -4.02. The Morgan fingerprint density at radius 2 is 1.81 bits per heavy atom. The summed E-state index contributed by atoms with van der Waals surface area (Å²) in [6, 6.07) is 0. The number of nitrogens with zero attached hydrogens (tertiary/aromatic N) is 1. The summed E-state index contributed by atoms with van der Waals surface area (Å²) in [5.74, 6) is 0.251. The molecule has 0 aromatic heterocycles. The van der Waals surface area contributed by atoms with Gasteiger partial charge in [0, 0.05) is 0 Å². The first-order valence-electron chi connectivity index (χ1n) is 12.6. The van der Waals surface area contributed by atoms with Crippen molar-refractivity contribution in [2.24, 2.45) is 23.2 Å². The Morgan fingerprint density at radius 3 is 2.52 bits per heavy atom. The Hall–Kier alpha value is -0.810. The molecule has 0 spiro atoms. The number of likely N-dealkylation sites (tertiary alicyclic amines) is 1. The second kappa shape index (κ2) is 9.59. The van der Waals surface area contributed by atoms with Gasteiger partial charge in [0.15, 0.2) is 0 Å². The SMILES string of the molecule is CC12CCC/C(=C\C=C3\CCCC(O)C3)C1CC[C@@H]2CCN1CCC(C(F)(F)F)CC1. The largest absolute Gasteiger partial charge is 0.393 e. The summed E-state index contributed by atoms with van der Waals surface area (Å²) in [5, 5.41) is 9.94. The highest BCUT2D eigenvalue weighted by Crippen LogP contribution is 2.58. The fraction of sp³-hybridized carbons (Fsp3) is 0.846.